The average molecular weight is 163 g/mol. The van der Waals surface area contributed by atoms with Crippen molar-refractivity contribution in [1.82, 2.24) is 4.98 Å². The standard InChI is InChI=1S/C11H17N/c1-5-11(3,4)10-6-9(2)7-12-8-10/h6-8H,5H2,1-4H3. The number of aromatic nitrogens is 1. The smallest absolute Gasteiger partial charge is 0.0305 e. The quantitative estimate of drug-likeness (QED) is 0.653. The van der Waals surface area contributed by atoms with Crippen LogP contribution in [-0.4, -0.2) is 4.98 Å². The van der Waals surface area contributed by atoms with Crippen molar-refractivity contribution in [2.75, 3.05) is 0 Å². The zero-order chi connectivity index (χ0) is 9.19. The molecule has 1 rings (SSSR count). The van der Waals surface area contributed by atoms with E-state index in [1.165, 1.54) is 11.1 Å². The number of aryl methyl sites for hydroxylation is 1. The van der Waals surface area contributed by atoms with Gasteiger partial charge in [-0.05, 0) is 29.9 Å². The van der Waals surface area contributed by atoms with Crippen molar-refractivity contribution in [3.05, 3.63) is 29.6 Å². The van der Waals surface area contributed by atoms with E-state index in [9.17, 15) is 0 Å². The molecule has 12 heavy (non-hydrogen) atoms. The molecule has 0 saturated carbocycles. The van der Waals surface area contributed by atoms with Gasteiger partial charge in [-0.3, -0.25) is 4.98 Å². The summed E-state index contributed by atoms with van der Waals surface area (Å²) in [6.45, 7) is 8.80. The summed E-state index contributed by atoms with van der Waals surface area (Å²) in [7, 11) is 0. The lowest BCUT2D eigenvalue weighted by atomic mass is 9.83. The molecule has 0 spiro atoms. The molecule has 0 atom stereocenters. The number of rotatable bonds is 2. The second-order valence-corrected chi connectivity index (χ2v) is 3.99. The van der Waals surface area contributed by atoms with Gasteiger partial charge in [-0.25, -0.2) is 0 Å². The highest BCUT2D eigenvalue weighted by atomic mass is 14.6. The van der Waals surface area contributed by atoms with Crippen LogP contribution in [0.3, 0.4) is 0 Å². The zero-order valence-electron chi connectivity index (χ0n) is 8.39. The average Bonchev–Trinajstić information content (AvgIpc) is 2.05. The van der Waals surface area contributed by atoms with Crippen molar-refractivity contribution < 1.29 is 0 Å². The summed E-state index contributed by atoms with van der Waals surface area (Å²) in [5.41, 5.74) is 2.85. The zero-order valence-corrected chi connectivity index (χ0v) is 8.39. The molecule has 1 aromatic rings. The second-order valence-electron chi connectivity index (χ2n) is 3.99. The molecule has 0 fully saturated rings. The molecule has 0 aromatic carbocycles. The molecule has 0 saturated heterocycles. The molecule has 66 valence electrons. The van der Waals surface area contributed by atoms with Crippen LogP contribution in [0.25, 0.3) is 0 Å². The van der Waals surface area contributed by atoms with Gasteiger partial charge in [0, 0.05) is 12.4 Å². The van der Waals surface area contributed by atoms with Crippen molar-refractivity contribution in [3.63, 3.8) is 0 Å². The maximum Gasteiger partial charge on any atom is 0.0305 e. The van der Waals surface area contributed by atoms with Gasteiger partial charge < -0.3 is 0 Å². The lowest BCUT2D eigenvalue weighted by Crippen LogP contribution is -2.15. The summed E-state index contributed by atoms with van der Waals surface area (Å²) in [5.74, 6) is 0. The predicted octanol–water partition coefficient (Wildman–Crippen LogP) is 3.08. The summed E-state index contributed by atoms with van der Waals surface area (Å²) >= 11 is 0. The Kier molecular flexibility index (Phi) is 2.51. The molecule has 1 heteroatoms. The van der Waals surface area contributed by atoms with Crippen molar-refractivity contribution >= 4 is 0 Å². The van der Waals surface area contributed by atoms with Gasteiger partial charge in [0.2, 0.25) is 0 Å². The van der Waals surface area contributed by atoms with Crippen LogP contribution in [0, 0.1) is 6.92 Å². The normalized spacial score (nSPS) is 11.7. The first kappa shape index (κ1) is 9.24. The Hall–Kier alpha value is -0.850. The van der Waals surface area contributed by atoms with Crippen LogP contribution in [0.15, 0.2) is 18.5 Å². The van der Waals surface area contributed by atoms with Gasteiger partial charge in [-0.1, -0.05) is 26.8 Å². The van der Waals surface area contributed by atoms with Gasteiger partial charge in [0.15, 0.2) is 0 Å². The van der Waals surface area contributed by atoms with Gasteiger partial charge >= 0.3 is 0 Å². The van der Waals surface area contributed by atoms with Crippen LogP contribution in [0.4, 0.5) is 0 Å². The Balaban J connectivity index is 3.03. The van der Waals surface area contributed by atoms with E-state index in [1.54, 1.807) is 0 Å². The van der Waals surface area contributed by atoms with Gasteiger partial charge in [-0.15, -0.1) is 0 Å². The molecule has 0 radical (unpaired) electrons. The van der Waals surface area contributed by atoms with Gasteiger partial charge in [0.05, 0.1) is 0 Å². The second kappa shape index (κ2) is 3.26. The SMILES string of the molecule is CCC(C)(C)c1cncc(C)c1. The molecule has 0 aliphatic heterocycles. The Bertz CT molecular complexity index is 263. The third-order valence-corrected chi connectivity index (χ3v) is 2.54. The van der Waals surface area contributed by atoms with Crippen molar-refractivity contribution in [2.24, 2.45) is 0 Å². The molecule has 0 unspecified atom stereocenters. The van der Waals surface area contributed by atoms with Crippen molar-refractivity contribution in [1.29, 1.82) is 0 Å². The van der Waals surface area contributed by atoms with E-state index in [4.69, 9.17) is 0 Å². The molecule has 0 bridgehead atoms. The van der Waals surface area contributed by atoms with Crippen LogP contribution >= 0.6 is 0 Å². The van der Waals surface area contributed by atoms with E-state index in [2.05, 4.69) is 38.7 Å². The molecule has 1 heterocycles. The molecular weight excluding hydrogens is 146 g/mol. The summed E-state index contributed by atoms with van der Waals surface area (Å²) in [6.07, 6.45) is 5.02. The minimum Gasteiger partial charge on any atom is -0.264 e. The van der Waals surface area contributed by atoms with E-state index < -0.39 is 0 Å². The fourth-order valence-corrected chi connectivity index (χ4v) is 1.13. The summed E-state index contributed by atoms with van der Waals surface area (Å²) in [4.78, 5) is 4.20. The fourth-order valence-electron chi connectivity index (χ4n) is 1.13. The third-order valence-electron chi connectivity index (χ3n) is 2.54. The van der Waals surface area contributed by atoms with Crippen LogP contribution in [0.2, 0.25) is 0 Å². The Morgan fingerprint density at radius 1 is 1.33 bits per heavy atom. The van der Waals surface area contributed by atoms with Gasteiger partial charge in [-0.2, -0.15) is 0 Å². The number of pyridine rings is 1. The summed E-state index contributed by atoms with van der Waals surface area (Å²) in [6, 6.07) is 2.22. The molecule has 0 aliphatic carbocycles. The predicted molar refractivity (Wildman–Crippen MR) is 52.3 cm³/mol. The van der Waals surface area contributed by atoms with E-state index in [-0.39, 0.29) is 5.41 Å². The molecule has 1 aromatic heterocycles. The van der Waals surface area contributed by atoms with E-state index in [1.807, 2.05) is 12.4 Å². The Labute approximate surface area is 74.8 Å². The third kappa shape index (κ3) is 1.84. The highest BCUT2D eigenvalue weighted by Gasteiger charge is 2.17. The summed E-state index contributed by atoms with van der Waals surface area (Å²) in [5, 5.41) is 0. The minimum atomic E-state index is 0.263. The van der Waals surface area contributed by atoms with E-state index in [0.717, 1.165) is 6.42 Å². The largest absolute Gasteiger partial charge is 0.264 e. The first-order chi connectivity index (χ1) is 5.56. The molecular formula is C11H17N. The topological polar surface area (TPSA) is 12.9 Å². The van der Waals surface area contributed by atoms with Crippen LogP contribution < -0.4 is 0 Å². The number of hydrogen-bond donors (Lipinski definition) is 0. The first-order valence-electron chi connectivity index (χ1n) is 4.48. The molecule has 1 nitrogen and oxygen atoms in total. The number of hydrogen-bond acceptors (Lipinski definition) is 1. The molecule has 0 aliphatic rings. The van der Waals surface area contributed by atoms with E-state index in [0.29, 0.717) is 0 Å². The Morgan fingerprint density at radius 2 is 2.00 bits per heavy atom. The van der Waals surface area contributed by atoms with Crippen LogP contribution in [0.1, 0.15) is 38.3 Å². The monoisotopic (exact) mass is 163 g/mol. The van der Waals surface area contributed by atoms with Crippen LogP contribution in [-0.2, 0) is 5.41 Å². The molecule has 0 amide bonds. The summed E-state index contributed by atoms with van der Waals surface area (Å²) < 4.78 is 0. The lowest BCUT2D eigenvalue weighted by Gasteiger charge is -2.22. The van der Waals surface area contributed by atoms with Gasteiger partial charge in [0.1, 0.15) is 0 Å². The maximum atomic E-state index is 4.20. The maximum absolute atomic E-state index is 4.20. The van der Waals surface area contributed by atoms with Crippen molar-refractivity contribution in [2.45, 2.75) is 39.5 Å². The van der Waals surface area contributed by atoms with Gasteiger partial charge in [0.25, 0.3) is 0 Å². The Morgan fingerprint density at radius 3 is 2.50 bits per heavy atom. The first-order valence-corrected chi connectivity index (χ1v) is 4.48. The van der Waals surface area contributed by atoms with E-state index >= 15 is 0 Å². The highest BCUT2D eigenvalue weighted by Crippen LogP contribution is 2.25. The number of nitrogens with zero attached hydrogens (tertiary/aromatic N) is 1. The highest BCUT2D eigenvalue weighted by molar-refractivity contribution is 5.23. The minimum absolute atomic E-state index is 0.263. The van der Waals surface area contributed by atoms with Crippen LogP contribution in [0.5, 0.6) is 0 Å². The molecule has 0 N–H and O–H groups in total. The fraction of sp³-hybridized carbons (Fsp3) is 0.545. The lowest BCUT2D eigenvalue weighted by molar-refractivity contribution is 0.504. The van der Waals surface area contributed by atoms with Crippen molar-refractivity contribution in [3.8, 4) is 0 Å².